The van der Waals surface area contributed by atoms with Gasteiger partial charge < -0.3 is 19.3 Å². The lowest BCUT2D eigenvalue weighted by atomic mass is 9.99. The van der Waals surface area contributed by atoms with Gasteiger partial charge in [-0.1, -0.05) is 47.5 Å². The lowest BCUT2D eigenvalue weighted by Gasteiger charge is -2.15. The molecular formula is C25H19Cl2F3O5. The Morgan fingerprint density at radius 2 is 1.57 bits per heavy atom. The number of allylic oxidation sites excluding steroid dienone is 1. The third-order valence-electron chi connectivity index (χ3n) is 4.93. The Bertz CT molecular complexity index is 1230. The molecule has 10 heteroatoms. The number of hydrogen-bond acceptors (Lipinski definition) is 4. The molecule has 3 aromatic carbocycles. The third-order valence-corrected chi connectivity index (χ3v) is 5.49. The van der Waals surface area contributed by atoms with Gasteiger partial charge in [-0.2, -0.15) is 13.2 Å². The quantitative estimate of drug-likeness (QED) is 0.239. The first-order chi connectivity index (χ1) is 16.5. The van der Waals surface area contributed by atoms with Crippen LogP contribution in [-0.2, 0) is 22.3 Å². The highest BCUT2D eigenvalue weighted by Gasteiger charge is 2.30. The van der Waals surface area contributed by atoms with Gasteiger partial charge >= 0.3 is 12.1 Å². The van der Waals surface area contributed by atoms with Crippen LogP contribution in [-0.4, -0.2) is 18.2 Å². The molecule has 3 rings (SSSR count). The molecule has 0 spiro atoms. The van der Waals surface area contributed by atoms with E-state index in [0.717, 1.165) is 24.3 Å². The molecule has 0 bridgehead atoms. The molecule has 0 fully saturated rings. The summed E-state index contributed by atoms with van der Waals surface area (Å²) in [4.78, 5) is 11.8. The number of carbonyl (C=O) groups is 1. The number of methoxy groups -OCH3 is 1. The zero-order chi connectivity index (χ0) is 25.8. The Morgan fingerprint density at radius 3 is 2.11 bits per heavy atom. The molecule has 3 aromatic rings. The first-order valence-corrected chi connectivity index (χ1v) is 10.8. The van der Waals surface area contributed by atoms with Crippen molar-refractivity contribution in [2.75, 3.05) is 7.11 Å². The number of carboxylic acid groups (broad SMARTS) is 1. The number of hydrogen-bond donors (Lipinski definition) is 1. The molecule has 0 atom stereocenters. The SMILES string of the molecule is COC(C)=C(C(=O)O)c1ccccc1COc1cc(Cl)c(Oc2ccc(C(F)(F)F)cc2)c(Cl)c1. The number of aliphatic carboxylic acids is 1. The molecule has 0 unspecified atom stereocenters. The van der Waals surface area contributed by atoms with Crippen molar-refractivity contribution in [3.8, 4) is 17.2 Å². The maximum absolute atomic E-state index is 12.7. The van der Waals surface area contributed by atoms with Crippen LogP contribution in [0.5, 0.6) is 17.2 Å². The number of halogens is 5. The Kier molecular flexibility index (Phi) is 8.19. The van der Waals surface area contributed by atoms with E-state index >= 15 is 0 Å². The second kappa shape index (κ2) is 10.9. The zero-order valence-electron chi connectivity index (χ0n) is 18.5. The summed E-state index contributed by atoms with van der Waals surface area (Å²) in [5, 5.41) is 9.78. The molecule has 184 valence electrons. The third kappa shape index (κ3) is 6.41. The van der Waals surface area contributed by atoms with E-state index in [9.17, 15) is 23.1 Å². The molecule has 5 nitrogen and oxygen atoms in total. The Hall–Kier alpha value is -3.36. The molecule has 0 saturated carbocycles. The number of carboxylic acids is 1. The van der Waals surface area contributed by atoms with Gasteiger partial charge in [-0.25, -0.2) is 4.79 Å². The fourth-order valence-electron chi connectivity index (χ4n) is 3.16. The summed E-state index contributed by atoms with van der Waals surface area (Å²) in [6.07, 6.45) is -4.46. The van der Waals surface area contributed by atoms with E-state index in [2.05, 4.69) is 0 Å². The van der Waals surface area contributed by atoms with Crippen LogP contribution in [0, 0.1) is 0 Å². The van der Waals surface area contributed by atoms with E-state index < -0.39 is 17.7 Å². The van der Waals surface area contributed by atoms with Gasteiger partial charge in [-0.15, -0.1) is 0 Å². The predicted molar refractivity (Wildman–Crippen MR) is 126 cm³/mol. The lowest BCUT2D eigenvalue weighted by Crippen LogP contribution is -2.08. The summed E-state index contributed by atoms with van der Waals surface area (Å²) < 4.78 is 54.7. The molecule has 0 heterocycles. The van der Waals surface area contributed by atoms with Gasteiger partial charge in [-0.05, 0) is 42.3 Å². The second-order valence-corrected chi connectivity index (χ2v) is 8.04. The minimum atomic E-state index is -4.46. The van der Waals surface area contributed by atoms with E-state index in [1.54, 1.807) is 31.2 Å². The van der Waals surface area contributed by atoms with Crippen LogP contribution in [0.3, 0.4) is 0 Å². The highest BCUT2D eigenvalue weighted by atomic mass is 35.5. The number of alkyl halides is 3. The summed E-state index contributed by atoms with van der Waals surface area (Å²) in [6.45, 7) is 1.55. The molecule has 35 heavy (non-hydrogen) atoms. The molecule has 0 saturated heterocycles. The van der Waals surface area contributed by atoms with Crippen LogP contribution in [0.2, 0.25) is 10.0 Å². The maximum atomic E-state index is 12.7. The summed E-state index contributed by atoms with van der Waals surface area (Å²) in [6, 6.07) is 13.8. The highest BCUT2D eigenvalue weighted by molar-refractivity contribution is 6.37. The predicted octanol–water partition coefficient (Wildman–Crippen LogP) is 7.85. The number of benzene rings is 3. The van der Waals surface area contributed by atoms with Crippen molar-refractivity contribution in [1.29, 1.82) is 0 Å². The second-order valence-electron chi connectivity index (χ2n) is 7.23. The molecule has 1 N–H and O–H groups in total. The van der Waals surface area contributed by atoms with Crippen LogP contribution in [0.4, 0.5) is 13.2 Å². The maximum Gasteiger partial charge on any atom is 0.416 e. The van der Waals surface area contributed by atoms with Gasteiger partial charge in [-0.3, -0.25) is 0 Å². The summed E-state index contributed by atoms with van der Waals surface area (Å²) in [7, 11) is 1.38. The summed E-state index contributed by atoms with van der Waals surface area (Å²) in [5.41, 5.74) is 0.202. The first kappa shape index (κ1) is 26.2. The van der Waals surface area contributed by atoms with E-state index in [4.69, 9.17) is 37.4 Å². The van der Waals surface area contributed by atoms with Crippen LogP contribution >= 0.6 is 23.2 Å². The number of rotatable bonds is 8. The molecular weight excluding hydrogens is 508 g/mol. The first-order valence-electron chi connectivity index (χ1n) is 10.0. The molecule has 0 aromatic heterocycles. The van der Waals surface area contributed by atoms with Gasteiger partial charge in [0.25, 0.3) is 0 Å². The lowest BCUT2D eigenvalue weighted by molar-refractivity contribution is -0.137. The normalized spacial score (nSPS) is 12.1. The van der Waals surface area contributed by atoms with Gasteiger partial charge in [0, 0.05) is 12.1 Å². The van der Waals surface area contributed by atoms with Crippen LogP contribution in [0.25, 0.3) is 5.57 Å². The smallest absolute Gasteiger partial charge is 0.416 e. The van der Waals surface area contributed by atoms with Crippen molar-refractivity contribution in [2.45, 2.75) is 19.7 Å². The van der Waals surface area contributed by atoms with Crippen LogP contribution in [0.15, 0.2) is 66.4 Å². The minimum absolute atomic E-state index is 0.00283. The van der Waals surface area contributed by atoms with Crippen molar-refractivity contribution >= 4 is 34.7 Å². The topological polar surface area (TPSA) is 65.0 Å². The van der Waals surface area contributed by atoms with E-state index in [0.29, 0.717) is 11.1 Å². The van der Waals surface area contributed by atoms with Gasteiger partial charge in [0.1, 0.15) is 29.4 Å². The minimum Gasteiger partial charge on any atom is -0.500 e. The highest BCUT2D eigenvalue weighted by Crippen LogP contribution is 2.40. The van der Waals surface area contributed by atoms with Crippen molar-refractivity contribution in [2.24, 2.45) is 0 Å². The Labute approximate surface area is 209 Å². The standard InChI is InChI=1S/C25H19Cl2F3O5/c1-14(33-2)22(24(31)32)19-6-4-3-5-15(19)13-34-18-11-20(26)23(21(27)12-18)35-17-9-7-16(8-10-17)25(28,29)30/h3-12H,13H2,1-2H3,(H,31,32). The van der Waals surface area contributed by atoms with Crippen molar-refractivity contribution in [3.05, 3.63) is 93.2 Å². The fraction of sp³-hybridized carbons (Fsp3) is 0.160. The van der Waals surface area contributed by atoms with Gasteiger partial charge in [0.05, 0.1) is 22.7 Å². The van der Waals surface area contributed by atoms with Crippen molar-refractivity contribution < 1.29 is 37.3 Å². The summed E-state index contributed by atoms with van der Waals surface area (Å²) in [5.74, 6) is -0.467. The monoisotopic (exact) mass is 526 g/mol. The molecule has 0 amide bonds. The van der Waals surface area contributed by atoms with Crippen molar-refractivity contribution in [3.63, 3.8) is 0 Å². The largest absolute Gasteiger partial charge is 0.500 e. The van der Waals surface area contributed by atoms with E-state index in [-0.39, 0.29) is 45.2 Å². The molecule has 0 radical (unpaired) electrons. The Morgan fingerprint density at radius 1 is 0.971 bits per heavy atom. The van der Waals surface area contributed by atoms with Gasteiger partial charge in [0.2, 0.25) is 0 Å². The molecule has 0 aliphatic heterocycles. The zero-order valence-corrected chi connectivity index (χ0v) is 20.0. The molecule has 0 aliphatic carbocycles. The van der Waals surface area contributed by atoms with Crippen LogP contribution < -0.4 is 9.47 Å². The van der Waals surface area contributed by atoms with E-state index in [1.807, 2.05) is 0 Å². The number of ether oxygens (including phenoxy) is 3. The summed E-state index contributed by atoms with van der Waals surface area (Å²) >= 11 is 12.6. The van der Waals surface area contributed by atoms with Crippen LogP contribution in [0.1, 0.15) is 23.6 Å². The fourth-order valence-corrected chi connectivity index (χ4v) is 3.70. The van der Waals surface area contributed by atoms with Gasteiger partial charge in [0.15, 0.2) is 5.75 Å². The average molecular weight is 527 g/mol. The van der Waals surface area contributed by atoms with E-state index in [1.165, 1.54) is 19.2 Å². The average Bonchev–Trinajstić information content (AvgIpc) is 2.80. The van der Waals surface area contributed by atoms with Crippen molar-refractivity contribution in [1.82, 2.24) is 0 Å². The molecule has 0 aliphatic rings. The Balaban J connectivity index is 1.80.